The highest BCUT2D eigenvalue weighted by Crippen LogP contribution is 2.19. The second-order valence-electron chi connectivity index (χ2n) is 5.21. The Kier molecular flexibility index (Phi) is 4.80. The standard InChI is InChI=1S/C15H22N2O2/c1-11-13(5-2-6-14(11)18)15(19)17-9-7-12-4-3-8-16-10-12/h2,5-6,12,16,18H,3-4,7-10H2,1H3,(H,17,19). The predicted octanol–water partition coefficient (Wildman–Crippen LogP) is 1.82. The molecule has 0 spiro atoms. The Morgan fingerprint density at radius 3 is 3.11 bits per heavy atom. The van der Waals surface area contributed by atoms with Gasteiger partial charge in [-0.2, -0.15) is 0 Å². The zero-order valence-corrected chi connectivity index (χ0v) is 11.4. The number of hydrogen-bond donors (Lipinski definition) is 3. The van der Waals surface area contributed by atoms with Crippen molar-refractivity contribution in [3.63, 3.8) is 0 Å². The fourth-order valence-electron chi connectivity index (χ4n) is 2.52. The first-order valence-electron chi connectivity index (χ1n) is 6.96. The third-order valence-electron chi connectivity index (χ3n) is 3.79. The van der Waals surface area contributed by atoms with E-state index in [1.807, 2.05) is 0 Å². The molecule has 1 aromatic rings. The normalized spacial score (nSPS) is 19.1. The van der Waals surface area contributed by atoms with Crippen LogP contribution in [0.25, 0.3) is 0 Å². The summed E-state index contributed by atoms with van der Waals surface area (Å²) in [4.78, 5) is 12.0. The third-order valence-corrected chi connectivity index (χ3v) is 3.79. The first-order valence-corrected chi connectivity index (χ1v) is 6.96. The van der Waals surface area contributed by atoms with Crippen molar-refractivity contribution in [2.75, 3.05) is 19.6 Å². The van der Waals surface area contributed by atoms with Crippen LogP contribution in [-0.4, -0.2) is 30.6 Å². The summed E-state index contributed by atoms with van der Waals surface area (Å²) in [7, 11) is 0. The van der Waals surface area contributed by atoms with Crippen LogP contribution in [0.2, 0.25) is 0 Å². The molecule has 3 N–H and O–H groups in total. The molecule has 104 valence electrons. The summed E-state index contributed by atoms with van der Waals surface area (Å²) in [6.07, 6.45) is 3.48. The number of piperidine rings is 1. The quantitative estimate of drug-likeness (QED) is 0.775. The van der Waals surface area contributed by atoms with Gasteiger partial charge in [-0.25, -0.2) is 0 Å². The smallest absolute Gasteiger partial charge is 0.251 e. The molecule has 1 amide bonds. The molecule has 0 aliphatic carbocycles. The fraction of sp³-hybridized carbons (Fsp3) is 0.533. The minimum atomic E-state index is -0.0998. The Morgan fingerprint density at radius 2 is 2.37 bits per heavy atom. The molecular formula is C15H22N2O2. The van der Waals surface area contributed by atoms with Gasteiger partial charge >= 0.3 is 0 Å². The van der Waals surface area contributed by atoms with Gasteiger partial charge in [-0.05, 0) is 57.3 Å². The Hall–Kier alpha value is -1.55. The maximum atomic E-state index is 12.0. The Bertz CT molecular complexity index is 440. The third kappa shape index (κ3) is 3.70. The lowest BCUT2D eigenvalue weighted by atomic mass is 9.96. The SMILES string of the molecule is Cc1c(O)cccc1C(=O)NCCC1CCCNC1. The summed E-state index contributed by atoms with van der Waals surface area (Å²) in [6.45, 7) is 4.63. The second kappa shape index (κ2) is 6.57. The topological polar surface area (TPSA) is 61.4 Å². The van der Waals surface area contributed by atoms with Crippen molar-refractivity contribution in [1.29, 1.82) is 0 Å². The molecule has 2 rings (SSSR count). The van der Waals surface area contributed by atoms with Gasteiger partial charge in [-0.3, -0.25) is 4.79 Å². The van der Waals surface area contributed by atoms with Crippen LogP contribution in [-0.2, 0) is 0 Å². The van der Waals surface area contributed by atoms with E-state index in [0.717, 1.165) is 19.5 Å². The molecule has 1 atom stereocenters. The van der Waals surface area contributed by atoms with Crippen LogP contribution in [0.1, 0.15) is 35.2 Å². The van der Waals surface area contributed by atoms with Crippen molar-refractivity contribution in [3.05, 3.63) is 29.3 Å². The minimum Gasteiger partial charge on any atom is -0.508 e. The lowest BCUT2D eigenvalue weighted by molar-refractivity contribution is 0.0949. The number of nitrogens with one attached hydrogen (secondary N) is 2. The molecule has 4 nitrogen and oxygen atoms in total. The number of phenols is 1. The van der Waals surface area contributed by atoms with Gasteiger partial charge in [0.15, 0.2) is 0 Å². The number of rotatable bonds is 4. The monoisotopic (exact) mass is 262 g/mol. The molecule has 1 aliphatic heterocycles. The van der Waals surface area contributed by atoms with E-state index >= 15 is 0 Å². The molecule has 0 bridgehead atoms. The molecule has 1 aromatic carbocycles. The van der Waals surface area contributed by atoms with Crippen molar-refractivity contribution in [3.8, 4) is 5.75 Å². The molecular weight excluding hydrogens is 240 g/mol. The highest BCUT2D eigenvalue weighted by atomic mass is 16.3. The van der Waals surface area contributed by atoms with E-state index in [9.17, 15) is 9.90 Å². The molecule has 0 aromatic heterocycles. The number of benzene rings is 1. The predicted molar refractivity (Wildman–Crippen MR) is 75.4 cm³/mol. The van der Waals surface area contributed by atoms with E-state index in [-0.39, 0.29) is 11.7 Å². The largest absolute Gasteiger partial charge is 0.508 e. The minimum absolute atomic E-state index is 0.0998. The van der Waals surface area contributed by atoms with Gasteiger partial charge < -0.3 is 15.7 Å². The molecule has 0 radical (unpaired) electrons. The van der Waals surface area contributed by atoms with E-state index in [1.165, 1.54) is 12.8 Å². The summed E-state index contributed by atoms with van der Waals surface area (Å²) < 4.78 is 0. The van der Waals surface area contributed by atoms with Crippen molar-refractivity contribution < 1.29 is 9.90 Å². The van der Waals surface area contributed by atoms with Crippen LogP contribution in [0.15, 0.2) is 18.2 Å². The molecule has 1 heterocycles. The van der Waals surface area contributed by atoms with E-state index in [4.69, 9.17) is 0 Å². The number of aromatic hydroxyl groups is 1. The molecule has 0 saturated carbocycles. The summed E-state index contributed by atoms with van der Waals surface area (Å²) in [5, 5.41) is 15.9. The number of phenolic OH excluding ortho intramolecular Hbond substituents is 1. The Morgan fingerprint density at radius 1 is 1.53 bits per heavy atom. The number of hydrogen-bond acceptors (Lipinski definition) is 3. The van der Waals surface area contributed by atoms with Crippen LogP contribution >= 0.6 is 0 Å². The van der Waals surface area contributed by atoms with Crippen LogP contribution in [0.5, 0.6) is 5.75 Å². The molecule has 19 heavy (non-hydrogen) atoms. The summed E-state index contributed by atoms with van der Waals surface area (Å²) in [6, 6.07) is 5.04. The fourth-order valence-corrected chi connectivity index (χ4v) is 2.52. The first-order chi connectivity index (χ1) is 9.18. The average Bonchev–Trinajstić information content (AvgIpc) is 2.43. The van der Waals surface area contributed by atoms with Gasteiger partial charge in [0, 0.05) is 17.7 Å². The van der Waals surface area contributed by atoms with Gasteiger partial charge in [0.25, 0.3) is 5.91 Å². The second-order valence-corrected chi connectivity index (χ2v) is 5.21. The molecule has 1 saturated heterocycles. The highest BCUT2D eigenvalue weighted by molar-refractivity contribution is 5.96. The van der Waals surface area contributed by atoms with Gasteiger partial charge in [-0.15, -0.1) is 0 Å². The number of carbonyl (C=O) groups is 1. The first kappa shape index (κ1) is 13.9. The van der Waals surface area contributed by atoms with E-state index in [2.05, 4.69) is 10.6 Å². The van der Waals surface area contributed by atoms with Gasteiger partial charge in [0.2, 0.25) is 0 Å². The molecule has 1 unspecified atom stereocenters. The van der Waals surface area contributed by atoms with Gasteiger partial charge in [0.05, 0.1) is 0 Å². The van der Waals surface area contributed by atoms with E-state index < -0.39 is 0 Å². The Balaban J connectivity index is 1.82. The molecule has 4 heteroatoms. The van der Waals surface area contributed by atoms with Crippen molar-refractivity contribution >= 4 is 5.91 Å². The van der Waals surface area contributed by atoms with E-state index in [0.29, 0.717) is 23.6 Å². The van der Waals surface area contributed by atoms with Crippen LogP contribution in [0, 0.1) is 12.8 Å². The highest BCUT2D eigenvalue weighted by Gasteiger charge is 2.14. The maximum absolute atomic E-state index is 12.0. The van der Waals surface area contributed by atoms with Crippen LogP contribution in [0.3, 0.4) is 0 Å². The van der Waals surface area contributed by atoms with Gasteiger partial charge in [-0.1, -0.05) is 6.07 Å². The molecule has 1 aliphatic rings. The summed E-state index contributed by atoms with van der Waals surface area (Å²) in [5.74, 6) is 0.737. The molecule has 1 fully saturated rings. The zero-order chi connectivity index (χ0) is 13.7. The van der Waals surface area contributed by atoms with Crippen molar-refractivity contribution in [2.45, 2.75) is 26.2 Å². The Labute approximate surface area is 114 Å². The average molecular weight is 262 g/mol. The number of amides is 1. The lowest BCUT2D eigenvalue weighted by Gasteiger charge is -2.22. The summed E-state index contributed by atoms with van der Waals surface area (Å²) >= 11 is 0. The van der Waals surface area contributed by atoms with Crippen molar-refractivity contribution in [2.24, 2.45) is 5.92 Å². The van der Waals surface area contributed by atoms with Crippen molar-refractivity contribution in [1.82, 2.24) is 10.6 Å². The van der Waals surface area contributed by atoms with Crippen LogP contribution < -0.4 is 10.6 Å². The zero-order valence-electron chi connectivity index (χ0n) is 11.4. The van der Waals surface area contributed by atoms with Gasteiger partial charge in [0.1, 0.15) is 5.75 Å². The lowest BCUT2D eigenvalue weighted by Crippen LogP contribution is -2.33. The van der Waals surface area contributed by atoms with Crippen LogP contribution in [0.4, 0.5) is 0 Å². The maximum Gasteiger partial charge on any atom is 0.251 e. The number of carbonyl (C=O) groups excluding carboxylic acids is 1. The summed E-state index contributed by atoms with van der Waals surface area (Å²) in [5.41, 5.74) is 1.20. The van der Waals surface area contributed by atoms with E-state index in [1.54, 1.807) is 25.1 Å².